The number of likely N-dealkylation sites (tertiary alicyclic amines) is 1. The minimum atomic E-state index is 0.170. The van der Waals surface area contributed by atoms with Crippen LogP contribution in [0.15, 0.2) is 0 Å². The summed E-state index contributed by atoms with van der Waals surface area (Å²) in [6.45, 7) is 9.69. The molecule has 1 saturated carbocycles. The lowest BCUT2D eigenvalue weighted by molar-refractivity contribution is 0.0722. The normalized spacial score (nSPS) is 38.5. The van der Waals surface area contributed by atoms with E-state index in [1.165, 1.54) is 51.6 Å². The third-order valence-electron chi connectivity index (χ3n) is 5.22. The largest absolute Gasteiger partial charge is 0.325 e. The van der Waals surface area contributed by atoms with Gasteiger partial charge < -0.3 is 10.6 Å². The summed E-state index contributed by atoms with van der Waals surface area (Å²) in [5.74, 6) is 1.70. The monoisotopic (exact) mass is 238 g/mol. The van der Waals surface area contributed by atoms with Crippen LogP contribution >= 0.6 is 0 Å². The van der Waals surface area contributed by atoms with Gasteiger partial charge >= 0.3 is 0 Å². The number of hydrogen-bond donors (Lipinski definition) is 1. The zero-order chi connectivity index (χ0) is 12.5. The SMILES string of the molecule is CC1CC(C)C(C)N(CCC2(N)CCCC2)C1. The maximum Gasteiger partial charge on any atom is 0.0166 e. The molecule has 2 aliphatic rings. The van der Waals surface area contributed by atoms with Crippen molar-refractivity contribution < 1.29 is 0 Å². The Hall–Kier alpha value is -0.0800. The lowest BCUT2D eigenvalue weighted by Crippen LogP contribution is -2.49. The highest BCUT2D eigenvalue weighted by Crippen LogP contribution is 2.32. The molecule has 2 nitrogen and oxygen atoms in total. The lowest BCUT2D eigenvalue weighted by Gasteiger charge is -2.42. The van der Waals surface area contributed by atoms with E-state index in [-0.39, 0.29) is 5.54 Å². The molecule has 0 bridgehead atoms. The van der Waals surface area contributed by atoms with Gasteiger partial charge in [-0.25, -0.2) is 0 Å². The molecule has 0 spiro atoms. The molecule has 17 heavy (non-hydrogen) atoms. The van der Waals surface area contributed by atoms with Gasteiger partial charge in [-0.05, 0) is 44.4 Å². The number of nitrogens with zero attached hydrogens (tertiary/aromatic N) is 1. The predicted molar refractivity (Wildman–Crippen MR) is 74.0 cm³/mol. The van der Waals surface area contributed by atoms with Crippen LogP contribution in [0.25, 0.3) is 0 Å². The molecule has 100 valence electrons. The van der Waals surface area contributed by atoms with E-state index >= 15 is 0 Å². The third-order valence-corrected chi connectivity index (χ3v) is 5.22. The van der Waals surface area contributed by atoms with Crippen LogP contribution in [0.1, 0.15) is 59.3 Å². The molecule has 3 atom stereocenters. The Bertz CT molecular complexity index is 245. The molecule has 2 heteroatoms. The van der Waals surface area contributed by atoms with E-state index in [2.05, 4.69) is 25.7 Å². The summed E-state index contributed by atoms with van der Waals surface area (Å²) in [4.78, 5) is 2.69. The number of hydrogen-bond acceptors (Lipinski definition) is 2. The average molecular weight is 238 g/mol. The Labute approximate surface area is 107 Å². The molecule has 1 aliphatic carbocycles. The van der Waals surface area contributed by atoms with Crippen molar-refractivity contribution in [3.05, 3.63) is 0 Å². The maximum atomic E-state index is 6.46. The summed E-state index contributed by atoms with van der Waals surface area (Å²) in [5, 5.41) is 0. The van der Waals surface area contributed by atoms with Crippen molar-refractivity contribution in [2.24, 2.45) is 17.6 Å². The quantitative estimate of drug-likeness (QED) is 0.819. The van der Waals surface area contributed by atoms with Crippen LogP contribution in [-0.4, -0.2) is 29.6 Å². The molecule has 0 aromatic rings. The molecule has 1 heterocycles. The smallest absolute Gasteiger partial charge is 0.0166 e. The molecular formula is C15H30N2. The first-order chi connectivity index (χ1) is 8.00. The zero-order valence-corrected chi connectivity index (χ0v) is 11.9. The van der Waals surface area contributed by atoms with Gasteiger partial charge in [0.25, 0.3) is 0 Å². The van der Waals surface area contributed by atoms with Gasteiger partial charge in [0.05, 0.1) is 0 Å². The topological polar surface area (TPSA) is 29.3 Å². The molecule has 1 aliphatic heterocycles. The van der Waals surface area contributed by atoms with E-state index in [1.54, 1.807) is 0 Å². The molecule has 2 rings (SSSR count). The average Bonchev–Trinajstić information content (AvgIpc) is 2.69. The molecule has 3 unspecified atom stereocenters. The summed E-state index contributed by atoms with van der Waals surface area (Å²) < 4.78 is 0. The Kier molecular flexibility index (Phi) is 4.14. The van der Waals surface area contributed by atoms with Gasteiger partial charge in [0.1, 0.15) is 0 Å². The maximum absolute atomic E-state index is 6.46. The zero-order valence-electron chi connectivity index (χ0n) is 11.9. The fourth-order valence-electron chi connectivity index (χ4n) is 3.82. The molecular weight excluding hydrogens is 208 g/mol. The van der Waals surface area contributed by atoms with Gasteiger partial charge in [-0.15, -0.1) is 0 Å². The predicted octanol–water partition coefficient (Wildman–Crippen LogP) is 3.01. The van der Waals surface area contributed by atoms with Gasteiger partial charge in [-0.1, -0.05) is 26.7 Å². The highest BCUT2D eigenvalue weighted by atomic mass is 15.2. The first kappa shape index (κ1) is 13.4. The summed E-state index contributed by atoms with van der Waals surface area (Å²) in [6, 6.07) is 0.746. The van der Waals surface area contributed by atoms with E-state index < -0.39 is 0 Å². The minimum Gasteiger partial charge on any atom is -0.325 e. The second-order valence-corrected chi connectivity index (χ2v) is 6.87. The van der Waals surface area contributed by atoms with Crippen molar-refractivity contribution in [3.8, 4) is 0 Å². The van der Waals surface area contributed by atoms with Gasteiger partial charge in [0.15, 0.2) is 0 Å². The minimum absolute atomic E-state index is 0.170. The highest BCUT2D eigenvalue weighted by molar-refractivity contribution is 4.91. The first-order valence-corrected chi connectivity index (χ1v) is 7.53. The second-order valence-electron chi connectivity index (χ2n) is 6.87. The third kappa shape index (κ3) is 3.23. The Morgan fingerprint density at radius 2 is 1.82 bits per heavy atom. The van der Waals surface area contributed by atoms with Crippen LogP contribution in [0.4, 0.5) is 0 Å². The summed E-state index contributed by atoms with van der Waals surface area (Å²) in [7, 11) is 0. The molecule has 0 radical (unpaired) electrons. The van der Waals surface area contributed by atoms with Crippen molar-refractivity contribution >= 4 is 0 Å². The Morgan fingerprint density at radius 1 is 1.18 bits per heavy atom. The Balaban J connectivity index is 1.85. The van der Waals surface area contributed by atoms with E-state index in [9.17, 15) is 0 Å². The molecule has 2 N–H and O–H groups in total. The summed E-state index contributed by atoms with van der Waals surface area (Å²) in [6.07, 6.45) is 7.79. The highest BCUT2D eigenvalue weighted by Gasteiger charge is 2.33. The van der Waals surface area contributed by atoms with Crippen molar-refractivity contribution in [2.75, 3.05) is 13.1 Å². The molecule has 0 aromatic carbocycles. The van der Waals surface area contributed by atoms with Crippen LogP contribution in [0.2, 0.25) is 0 Å². The van der Waals surface area contributed by atoms with Gasteiger partial charge in [0.2, 0.25) is 0 Å². The van der Waals surface area contributed by atoms with Gasteiger partial charge in [-0.3, -0.25) is 0 Å². The number of rotatable bonds is 3. The van der Waals surface area contributed by atoms with Crippen molar-refractivity contribution in [2.45, 2.75) is 70.9 Å². The lowest BCUT2D eigenvalue weighted by atomic mass is 9.85. The molecule has 0 aromatic heterocycles. The Morgan fingerprint density at radius 3 is 2.47 bits per heavy atom. The summed E-state index contributed by atoms with van der Waals surface area (Å²) >= 11 is 0. The van der Waals surface area contributed by atoms with Crippen molar-refractivity contribution in [3.63, 3.8) is 0 Å². The van der Waals surface area contributed by atoms with Crippen LogP contribution in [0.5, 0.6) is 0 Å². The van der Waals surface area contributed by atoms with Crippen molar-refractivity contribution in [1.29, 1.82) is 0 Å². The fraction of sp³-hybridized carbons (Fsp3) is 1.00. The van der Waals surface area contributed by atoms with E-state index in [0.29, 0.717) is 0 Å². The van der Waals surface area contributed by atoms with Crippen LogP contribution in [-0.2, 0) is 0 Å². The number of piperidine rings is 1. The van der Waals surface area contributed by atoms with Gasteiger partial charge in [-0.2, -0.15) is 0 Å². The fourth-order valence-corrected chi connectivity index (χ4v) is 3.82. The van der Waals surface area contributed by atoms with Crippen LogP contribution in [0.3, 0.4) is 0 Å². The summed E-state index contributed by atoms with van der Waals surface area (Å²) in [5.41, 5.74) is 6.63. The van der Waals surface area contributed by atoms with Crippen LogP contribution in [0, 0.1) is 11.8 Å². The van der Waals surface area contributed by atoms with Gasteiger partial charge in [0, 0.05) is 24.7 Å². The first-order valence-electron chi connectivity index (χ1n) is 7.53. The second kappa shape index (κ2) is 5.27. The van der Waals surface area contributed by atoms with E-state index in [1.807, 2.05) is 0 Å². The molecule has 0 amide bonds. The standard InChI is InChI=1S/C15H30N2/c1-12-10-13(2)14(3)17(11-12)9-8-15(16)6-4-5-7-15/h12-14H,4-11,16H2,1-3H3. The van der Waals surface area contributed by atoms with Crippen molar-refractivity contribution in [1.82, 2.24) is 4.90 Å². The number of nitrogens with two attached hydrogens (primary N) is 1. The van der Waals surface area contributed by atoms with Crippen LogP contribution < -0.4 is 5.73 Å². The van der Waals surface area contributed by atoms with E-state index in [4.69, 9.17) is 5.73 Å². The molecule has 2 fully saturated rings. The van der Waals surface area contributed by atoms with E-state index in [0.717, 1.165) is 17.9 Å². The molecule has 1 saturated heterocycles.